The van der Waals surface area contributed by atoms with E-state index >= 15 is 0 Å². The minimum atomic E-state index is 0.0185. The average molecular weight is 206 g/mol. The first-order chi connectivity index (χ1) is 3.50. The maximum absolute atomic E-state index is 2.84. The quantitative estimate of drug-likeness (QED) is 0.608. The van der Waals surface area contributed by atoms with Crippen LogP contribution in [0.2, 0.25) is 0 Å². The van der Waals surface area contributed by atoms with Gasteiger partial charge in [-0.1, -0.05) is 8.93 Å². The molecule has 0 fully saturated rings. The third-order valence-electron chi connectivity index (χ3n) is 0.893. The summed E-state index contributed by atoms with van der Waals surface area (Å²) in [7, 11) is 13.9. The highest BCUT2D eigenvalue weighted by atomic mass is 32.4. The van der Waals surface area contributed by atoms with Crippen molar-refractivity contribution in [1.82, 2.24) is 0 Å². The normalized spacial score (nSPS) is 14.2. The molecule has 0 heterocycles. The van der Waals surface area contributed by atoms with Crippen LogP contribution in [-0.4, -0.2) is 18.1 Å². The number of hydrogen-bond donors (Lipinski definition) is 0. The van der Waals surface area contributed by atoms with Gasteiger partial charge in [-0.15, -0.1) is 0 Å². The van der Waals surface area contributed by atoms with E-state index in [-0.39, 0.29) is 7.45 Å². The van der Waals surface area contributed by atoms with Crippen molar-refractivity contribution in [3.63, 3.8) is 0 Å². The van der Waals surface area contributed by atoms with Crippen LogP contribution in [0.5, 0.6) is 0 Å². The van der Waals surface area contributed by atoms with E-state index in [1.165, 1.54) is 0 Å². The third-order valence-corrected chi connectivity index (χ3v) is 11.2. The van der Waals surface area contributed by atoms with Crippen LogP contribution in [0.4, 0.5) is 0 Å². The zero-order chi connectivity index (χ0) is 6.78. The third kappa shape index (κ3) is 3.32. The molecule has 0 N–H and O–H groups in total. The Morgan fingerprint density at radius 2 is 1.75 bits per heavy atom. The second kappa shape index (κ2) is 4.09. The van der Waals surface area contributed by atoms with E-state index in [9.17, 15) is 0 Å². The van der Waals surface area contributed by atoms with Gasteiger partial charge in [-0.2, -0.15) is 0 Å². The van der Waals surface area contributed by atoms with Gasteiger partial charge in [-0.3, -0.25) is 4.02 Å². The minimum absolute atomic E-state index is 0.0185. The Labute approximate surface area is 61.3 Å². The number of nitrogens with zero attached hydrogens (tertiary/aromatic N) is 1. The van der Waals surface area contributed by atoms with Crippen LogP contribution in [0.25, 0.3) is 0 Å². The standard InChI is InChI=1S/C2H13NP5/c1-3(2,7-4)8(5)6/h7H,4-6H2,1-2H3/q+1. The van der Waals surface area contributed by atoms with Crippen LogP contribution in [0.15, 0.2) is 0 Å². The molecule has 6 heteroatoms. The summed E-state index contributed by atoms with van der Waals surface area (Å²) in [6.45, 7) is 0. The molecule has 0 aromatic rings. The van der Waals surface area contributed by atoms with Gasteiger partial charge in [-0.25, -0.2) is 0 Å². The van der Waals surface area contributed by atoms with Crippen molar-refractivity contribution in [2.75, 3.05) is 14.1 Å². The maximum Gasteiger partial charge on any atom is 0.136 e. The van der Waals surface area contributed by atoms with E-state index in [2.05, 4.69) is 40.9 Å². The highest BCUT2D eigenvalue weighted by molar-refractivity contribution is 8.41. The molecular weight excluding hydrogens is 193 g/mol. The van der Waals surface area contributed by atoms with E-state index in [4.69, 9.17) is 0 Å². The first kappa shape index (κ1) is 10.1. The Balaban J connectivity index is 3.71. The first-order valence-corrected chi connectivity index (χ1v) is 9.41. The van der Waals surface area contributed by atoms with Crippen molar-refractivity contribution < 1.29 is 4.02 Å². The fraction of sp³-hybridized carbons (Fsp3) is 1.00. The SMILES string of the molecule is C[N+](C)(PP)P(P)P. The molecule has 0 aliphatic heterocycles. The molecule has 0 amide bonds. The maximum atomic E-state index is 2.84. The van der Waals surface area contributed by atoms with Gasteiger partial charge in [0, 0.05) is 0 Å². The predicted octanol–water partition coefficient (Wildman–Crippen LogP) is 2.42. The number of quaternary nitrogens is 1. The van der Waals surface area contributed by atoms with Crippen molar-refractivity contribution in [1.29, 1.82) is 0 Å². The molecule has 0 bridgehead atoms. The molecule has 0 radical (unpaired) electrons. The van der Waals surface area contributed by atoms with Crippen molar-refractivity contribution >= 4 is 42.7 Å². The molecule has 0 aromatic carbocycles. The summed E-state index contributed by atoms with van der Waals surface area (Å²) < 4.78 is 1.11. The molecule has 0 spiro atoms. The van der Waals surface area contributed by atoms with Crippen molar-refractivity contribution in [2.45, 2.75) is 0 Å². The molecule has 4 atom stereocenters. The predicted molar refractivity (Wildman–Crippen MR) is 56.5 cm³/mol. The van der Waals surface area contributed by atoms with Gasteiger partial charge in [0.15, 0.2) is 0 Å². The van der Waals surface area contributed by atoms with E-state index in [1.54, 1.807) is 0 Å². The number of hydrogen-bond acceptors (Lipinski definition) is 0. The van der Waals surface area contributed by atoms with Crippen LogP contribution in [0.3, 0.4) is 0 Å². The molecule has 50 valence electrons. The highest BCUT2D eigenvalue weighted by Gasteiger charge is 2.17. The van der Waals surface area contributed by atoms with Crippen LogP contribution in [0.1, 0.15) is 0 Å². The van der Waals surface area contributed by atoms with Crippen molar-refractivity contribution in [2.24, 2.45) is 0 Å². The van der Waals surface area contributed by atoms with E-state index in [0.717, 1.165) is 12.4 Å². The lowest BCUT2D eigenvalue weighted by atomic mass is 11.3. The molecule has 0 rings (SSSR count). The molecule has 0 saturated carbocycles. The fourth-order valence-electron chi connectivity index (χ4n) is 0.0667. The summed E-state index contributed by atoms with van der Waals surface area (Å²) in [4.78, 5) is 0. The van der Waals surface area contributed by atoms with E-state index in [1.807, 2.05) is 0 Å². The first-order valence-electron chi connectivity index (χ1n) is 2.12. The Morgan fingerprint density at radius 1 is 1.38 bits per heavy atom. The van der Waals surface area contributed by atoms with Crippen molar-refractivity contribution in [3.8, 4) is 0 Å². The Hall–Kier alpha value is 2.11. The van der Waals surface area contributed by atoms with Gasteiger partial charge in [-0.05, 0) is 17.9 Å². The second-order valence-electron chi connectivity index (χ2n) is 1.90. The molecule has 0 aliphatic rings. The summed E-state index contributed by atoms with van der Waals surface area (Å²) in [6.07, 6.45) is 0. The summed E-state index contributed by atoms with van der Waals surface area (Å²) in [5, 5.41) is 0. The summed E-state index contributed by atoms with van der Waals surface area (Å²) in [5.41, 5.74) is 0. The average Bonchev–Trinajstić information content (AvgIpc) is 1.67. The molecule has 4 unspecified atom stereocenters. The molecule has 0 saturated heterocycles. The van der Waals surface area contributed by atoms with Crippen molar-refractivity contribution in [3.05, 3.63) is 0 Å². The van der Waals surface area contributed by atoms with Crippen LogP contribution in [-0.2, 0) is 0 Å². The lowest BCUT2D eigenvalue weighted by molar-refractivity contribution is -0.607. The highest BCUT2D eigenvalue weighted by Crippen LogP contribution is 2.66. The molecule has 0 aromatic heterocycles. The lowest BCUT2D eigenvalue weighted by Gasteiger charge is -2.30. The summed E-state index contributed by atoms with van der Waals surface area (Å²) in [5.74, 6) is 0. The van der Waals surface area contributed by atoms with Gasteiger partial charge in [0.05, 0.1) is 14.1 Å². The van der Waals surface area contributed by atoms with Crippen LogP contribution in [0, 0.1) is 0 Å². The lowest BCUT2D eigenvalue weighted by Crippen LogP contribution is -2.16. The van der Waals surface area contributed by atoms with Gasteiger partial charge < -0.3 is 0 Å². The van der Waals surface area contributed by atoms with Crippen LogP contribution < -0.4 is 0 Å². The fourth-order valence-corrected chi connectivity index (χ4v) is 5.40. The molecular formula is C2H13NP5+. The van der Waals surface area contributed by atoms with E-state index < -0.39 is 0 Å². The number of rotatable bonds is 2. The zero-order valence-corrected chi connectivity index (χ0v) is 10.5. The Kier molecular flexibility index (Phi) is 5.16. The molecule has 1 nitrogen and oxygen atoms in total. The van der Waals surface area contributed by atoms with E-state index in [0.29, 0.717) is 0 Å². The largest absolute Gasteiger partial charge is 0.295 e. The zero-order valence-electron chi connectivity index (χ0n) is 5.13. The Bertz CT molecular complexity index is 70.8. The molecule has 0 aliphatic carbocycles. The summed E-state index contributed by atoms with van der Waals surface area (Å²) in [6, 6.07) is 0. The topological polar surface area (TPSA) is 0 Å². The second-order valence-corrected chi connectivity index (χ2v) is 11.2. The Morgan fingerprint density at radius 3 is 1.75 bits per heavy atom. The smallest absolute Gasteiger partial charge is 0.136 e. The van der Waals surface area contributed by atoms with Gasteiger partial charge in [0.2, 0.25) is 0 Å². The summed E-state index contributed by atoms with van der Waals surface area (Å²) >= 11 is 0. The van der Waals surface area contributed by atoms with Crippen LogP contribution >= 0.6 is 42.7 Å². The van der Waals surface area contributed by atoms with Gasteiger partial charge >= 0.3 is 0 Å². The monoisotopic (exact) mass is 206 g/mol. The van der Waals surface area contributed by atoms with Gasteiger partial charge in [0.1, 0.15) is 15.9 Å². The van der Waals surface area contributed by atoms with Gasteiger partial charge in [0.25, 0.3) is 0 Å². The minimum Gasteiger partial charge on any atom is -0.295 e. The molecule has 8 heavy (non-hydrogen) atoms.